The van der Waals surface area contributed by atoms with Crippen molar-refractivity contribution in [2.75, 3.05) is 20.6 Å². The summed E-state index contributed by atoms with van der Waals surface area (Å²) < 4.78 is 43.3. The number of fused-ring (bicyclic) bond motifs is 3. The molecule has 1 N–H and O–H groups in total. The van der Waals surface area contributed by atoms with Crippen molar-refractivity contribution >= 4 is 56.1 Å². The standard InChI is InChI=1S/C48H62N6O8S2/c1-30(2)54-38-21-15-20-37(43-49-35(29-63-43)23-32-17-14-16-31(3)22-32)42(38)50-46(54)61-36-25-39-40(55)27-48(45(58)51-64(59,60)52(7)8)26-34(48)19-13-11-9-10-12-18-33(44(57)53(39)28-36)24-41(56)62-47(4,5)6/h13-17,19-22,29-30,33-34,36,39H,9-12,18,23-28H2,1-8H3,(H,51,58)/b19-13-/t33-,34-,36-,39+,48-/m1/s1. The average molecular weight is 915 g/mol. The van der Waals surface area contributed by atoms with Crippen LogP contribution in [-0.4, -0.2) is 94.1 Å². The molecule has 2 aromatic carbocycles. The van der Waals surface area contributed by atoms with E-state index < -0.39 is 51.2 Å². The predicted octanol–water partition coefficient (Wildman–Crippen LogP) is 7.74. The number of benzene rings is 2. The fourth-order valence-corrected chi connectivity index (χ4v) is 10.5. The fourth-order valence-electron chi connectivity index (χ4n) is 9.07. The number of carbonyl (C=O) groups excluding carboxylic acids is 4. The molecule has 1 saturated carbocycles. The quantitative estimate of drug-likeness (QED) is 0.116. The lowest BCUT2D eigenvalue weighted by molar-refractivity contribution is -0.159. The van der Waals surface area contributed by atoms with Gasteiger partial charge in [-0.05, 0) is 90.8 Å². The van der Waals surface area contributed by atoms with Gasteiger partial charge < -0.3 is 14.4 Å². The molecule has 4 heterocycles. The molecule has 5 atom stereocenters. The van der Waals surface area contributed by atoms with Crippen molar-refractivity contribution in [2.45, 2.75) is 130 Å². The zero-order valence-electron chi connectivity index (χ0n) is 38.3. The number of ether oxygens (including phenoxy) is 2. The first-order valence-electron chi connectivity index (χ1n) is 22.4. The predicted molar refractivity (Wildman–Crippen MR) is 247 cm³/mol. The van der Waals surface area contributed by atoms with E-state index in [0.717, 1.165) is 45.3 Å². The number of aryl methyl sites for hydroxylation is 1. The minimum atomic E-state index is -4.14. The molecule has 0 spiro atoms. The summed E-state index contributed by atoms with van der Waals surface area (Å²) in [5.41, 5.74) is 3.71. The van der Waals surface area contributed by atoms with Crippen LogP contribution in [0.2, 0.25) is 0 Å². The Morgan fingerprint density at radius 2 is 1.83 bits per heavy atom. The number of amides is 2. The molecule has 4 aromatic rings. The van der Waals surface area contributed by atoms with Crippen LogP contribution in [0.25, 0.3) is 21.6 Å². The van der Waals surface area contributed by atoms with Crippen molar-refractivity contribution in [1.29, 1.82) is 0 Å². The Kier molecular flexibility index (Phi) is 13.9. The van der Waals surface area contributed by atoms with Gasteiger partial charge in [-0.1, -0.05) is 60.9 Å². The van der Waals surface area contributed by atoms with E-state index in [0.29, 0.717) is 37.2 Å². The SMILES string of the molecule is Cc1cccc(Cc2csc(-c3cccc4c3nc(O[C@@H]3C[C@H]5C(=O)C[C@]6(C(=O)NS(=O)(=O)N(C)C)C[C@H]6/C=C\CCCCC[C@H](CC(=O)OC(C)(C)C)C(=O)N5C3)n4C(C)C)n2)c1. The van der Waals surface area contributed by atoms with Gasteiger partial charge in [0.15, 0.2) is 5.78 Å². The Bertz CT molecular complexity index is 2540. The van der Waals surface area contributed by atoms with E-state index >= 15 is 0 Å². The number of ketones is 1. The second kappa shape index (κ2) is 18.9. The fraction of sp³-hybridized carbons (Fsp3) is 0.542. The van der Waals surface area contributed by atoms with Crippen molar-refractivity contribution in [3.63, 3.8) is 0 Å². The minimum absolute atomic E-state index is 0.0422. The van der Waals surface area contributed by atoms with Crippen LogP contribution in [0, 0.1) is 24.2 Å². The van der Waals surface area contributed by atoms with Gasteiger partial charge in [0.1, 0.15) is 22.2 Å². The van der Waals surface area contributed by atoms with Crippen LogP contribution in [0.4, 0.5) is 0 Å². The third-order valence-electron chi connectivity index (χ3n) is 12.4. The number of aromatic nitrogens is 3. The zero-order valence-corrected chi connectivity index (χ0v) is 39.9. The van der Waals surface area contributed by atoms with Crippen LogP contribution in [0.5, 0.6) is 6.01 Å². The van der Waals surface area contributed by atoms with E-state index in [1.165, 1.54) is 30.1 Å². The number of esters is 1. The molecule has 1 aliphatic carbocycles. The molecule has 0 radical (unpaired) electrons. The van der Waals surface area contributed by atoms with Gasteiger partial charge in [-0.2, -0.15) is 17.7 Å². The molecule has 0 unspecified atom stereocenters. The summed E-state index contributed by atoms with van der Waals surface area (Å²) in [7, 11) is -1.49. The van der Waals surface area contributed by atoms with Crippen molar-refractivity contribution in [3.8, 4) is 16.6 Å². The molecular weight excluding hydrogens is 853 g/mol. The third-order valence-corrected chi connectivity index (χ3v) is 14.7. The lowest BCUT2D eigenvalue weighted by Crippen LogP contribution is -2.47. The maximum atomic E-state index is 14.8. The molecule has 7 rings (SSSR count). The summed E-state index contributed by atoms with van der Waals surface area (Å²) in [6.07, 6.45) is 7.38. The molecule has 2 amide bonds. The van der Waals surface area contributed by atoms with Gasteiger partial charge in [0.25, 0.3) is 6.01 Å². The molecule has 0 bridgehead atoms. The Balaban J connectivity index is 1.21. The second-order valence-electron chi connectivity index (χ2n) is 19.2. The molecule has 64 heavy (non-hydrogen) atoms. The summed E-state index contributed by atoms with van der Waals surface area (Å²) in [4.78, 5) is 68.4. The molecule has 2 fully saturated rings. The van der Waals surface area contributed by atoms with Crippen LogP contribution in [0.3, 0.4) is 0 Å². The van der Waals surface area contributed by atoms with Crippen molar-refractivity contribution in [3.05, 3.63) is 76.8 Å². The number of thiazole rings is 1. The summed E-state index contributed by atoms with van der Waals surface area (Å²) >= 11 is 1.56. The second-order valence-corrected chi connectivity index (χ2v) is 21.9. The first kappa shape index (κ1) is 47.0. The number of Topliss-reactive ketones (excluding diaryl/α,β-unsaturated/α-hetero) is 1. The van der Waals surface area contributed by atoms with Gasteiger partial charge in [0, 0.05) is 56.3 Å². The van der Waals surface area contributed by atoms with Crippen molar-refractivity contribution in [2.24, 2.45) is 17.3 Å². The molecule has 3 aliphatic rings. The normalized spacial score (nSPS) is 23.9. The molecule has 16 heteroatoms. The monoisotopic (exact) mass is 914 g/mol. The Morgan fingerprint density at radius 1 is 1.06 bits per heavy atom. The summed E-state index contributed by atoms with van der Waals surface area (Å²) in [5, 5.41) is 2.91. The molecule has 1 saturated heterocycles. The zero-order chi connectivity index (χ0) is 46.1. The van der Waals surface area contributed by atoms with Crippen LogP contribution < -0.4 is 9.46 Å². The lowest BCUT2D eigenvalue weighted by Gasteiger charge is -2.29. The average Bonchev–Trinajstić information content (AvgIpc) is 3.52. The van der Waals surface area contributed by atoms with Gasteiger partial charge in [0.05, 0.1) is 35.6 Å². The highest BCUT2D eigenvalue weighted by atomic mass is 32.2. The Morgan fingerprint density at radius 3 is 2.55 bits per heavy atom. The van der Waals surface area contributed by atoms with Crippen molar-refractivity contribution in [1.82, 2.24) is 28.5 Å². The smallest absolute Gasteiger partial charge is 0.307 e. The van der Waals surface area contributed by atoms with E-state index in [9.17, 15) is 27.6 Å². The number of para-hydroxylation sites is 1. The number of imidazole rings is 1. The molecule has 14 nitrogen and oxygen atoms in total. The first-order valence-corrected chi connectivity index (χ1v) is 24.7. The first-order chi connectivity index (χ1) is 30.2. The molecule has 2 aliphatic heterocycles. The van der Waals surface area contributed by atoms with Crippen LogP contribution in [0.1, 0.15) is 115 Å². The lowest BCUT2D eigenvalue weighted by atomic mass is 9.90. The van der Waals surface area contributed by atoms with Gasteiger partial charge in [0.2, 0.25) is 11.8 Å². The number of nitrogens with one attached hydrogen (secondary N) is 1. The van der Waals surface area contributed by atoms with Gasteiger partial charge >= 0.3 is 16.2 Å². The van der Waals surface area contributed by atoms with E-state index in [4.69, 9.17) is 19.4 Å². The van der Waals surface area contributed by atoms with Crippen LogP contribution in [0.15, 0.2) is 60.0 Å². The van der Waals surface area contributed by atoms with E-state index in [1.54, 1.807) is 32.1 Å². The number of hydrogen-bond acceptors (Lipinski definition) is 11. The minimum Gasteiger partial charge on any atom is -0.460 e. The van der Waals surface area contributed by atoms with Crippen LogP contribution >= 0.6 is 11.3 Å². The van der Waals surface area contributed by atoms with Crippen LogP contribution in [-0.2, 0) is 40.5 Å². The topological polar surface area (TPSA) is 170 Å². The number of allylic oxidation sites excluding steroid dienone is 2. The summed E-state index contributed by atoms with van der Waals surface area (Å²) in [5.74, 6) is -3.07. The summed E-state index contributed by atoms with van der Waals surface area (Å²) in [6, 6.07) is 13.6. The van der Waals surface area contributed by atoms with E-state index in [-0.39, 0.29) is 49.5 Å². The summed E-state index contributed by atoms with van der Waals surface area (Å²) in [6.45, 7) is 11.5. The highest BCUT2D eigenvalue weighted by molar-refractivity contribution is 7.87. The Labute approximate surface area is 381 Å². The van der Waals surface area contributed by atoms with E-state index in [2.05, 4.69) is 41.3 Å². The number of hydrogen-bond donors (Lipinski definition) is 1. The van der Waals surface area contributed by atoms with Crippen molar-refractivity contribution < 1.29 is 37.1 Å². The third kappa shape index (κ3) is 10.6. The highest BCUT2D eigenvalue weighted by Crippen LogP contribution is 2.57. The number of rotatable bonds is 11. The van der Waals surface area contributed by atoms with Gasteiger partial charge in [-0.25, -0.2) is 9.71 Å². The van der Waals surface area contributed by atoms with Gasteiger partial charge in [-0.3, -0.25) is 23.7 Å². The maximum Gasteiger partial charge on any atom is 0.307 e. The Hall–Kier alpha value is -4.93. The van der Waals surface area contributed by atoms with E-state index in [1.807, 2.05) is 48.8 Å². The number of carbonyl (C=O) groups is 4. The molecule has 2 aromatic heterocycles. The molecular formula is C48H62N6O8S2. The maximum absolute atomic E-state index is 14.8. The number of nitrogens with zero attached hydrogens (tertiary/aromatic N) is 5. The highest BCUT2D eigenvalue weighted by Gasteiger charge is 2.61. The largest absolute Gasteiger partial charge is 0.460 e. The molecule has 344 valence electrons. The van der Waals surface area contributed by atoms with Gasteiger partial charge in [-0.15, -0.1) is 11.3 Å².